The molecule has 29 heavy (non-hydrogen) atoms. The molecule has 4 aromatic rings. The summed E-state index contributed by atoms with van der Waals surface area (Å²) in [6, 6.07) is 24.3. The first-order chi connectivity index (χ1) is 14.1. The summed E-state index contributed by atoms with van der Waals surface area (Å²) >= 11 is 0. The maximum atomic E-state index is 2.37. The van der Waals surface area contributed by atoms with E-state index in [1.54, 1.807) is 0 Å². The molecule has 0 atom stereocenters. The highest BCUT2D eigenvalue weighted by Crippen LogP contribution is 2.36. The molecule has 0 fully saturated rings. The Bertz CT molecular complexity index is 1220. The number of benzene rings is 3. The number of para-hydroxylation sites is 1. The lowest BCUT2D eigenvalue weighted by Crippen LogP contribution is -2.01. The van der Waals surface area contributed by atoms with E-state index in [1.807, 2.05) is 0 Å². The Balaban J connectivity index is 1.94. The van der Waals surface area contributed by atoms with Crippen molar-refractivity contribution < 1.29 is 0 Å². The molecular weight excluding hydrogens is 350 g/mol. The SMILES string of the molecule is C/C=C(/c1ccc(C)c(-c2ccccc2C)c1)c1c(CC)c2ccccc2n1C. The van der Waals surface area contributed by atoms with Gasteiger partial charge in [-0.1, -0.05) is 67.6 Å². The van der Waals surface area contributed by atoms with E-state index in [-0.39, 0.29) is 0 Å². The summed E-state index contributed by atoms with van der Waals surface area (Å²) in [6.07, 6.45) is 3.28. The van der Waals surface area contributed by atoms with Crippen molar-refractivity contribution in [3.05, 3.63) is 101 Å². The van der Waals surface area contributed by atoms with Gasteiger partial charge in [0.1, 0.15) is 0 Å². The van der Waals surface area contributed by atoms with Crippen LogP contribution in [0.5, 0.6) is 0 Å². The maximum absolute atomic E-state index is 2.37. The topological polar surface area (TPSA) is 4.93 Å². The van der Waals surface area contributed by atoms with Crippen LogP contribution in [0.3, 0.4) is 0 Å². The number of rotatable bonds is 4. The summed E-state index contributed by atoms with van der Waals surface area (Å²) in [5.41, 5.74) is 11.9. The van der Waals surface area contributed by atoms with Crippen LogP contribution in [0.25, 0.3) is 27.6 Å². The second kappa shape index (κ2) is 7.75. The third-order valence-electron chi connectivity index (χ3n) is 6.09. The molecule has 1 heteroatoms. The predicted molar refractivity (Wildman–Crippen MR) is 126 cm³/mol. The lowest BCUT2D eigenvalue weighted by Gasteiger charge is -2.16. The van der Waals surface area contributed by atoms with E-state index in [9.17, 15) is 0 Å². The summed E-state index contributed by atoms with van der Waals surface area (Å²) in [4.78, 5) is 0. The Kier molecular flexibility index (Phi) is 5.15. The van der Waals surface area contributed by atoms with Crippen LogP contribution in [0.2, 0.25) is 0 Å². The Morgan fingerprint density at radius 2 is 1.55 bits per heavy atom. The van der Waals surface area contributed by atoms with Crippen molar-refractivity contribution in [3.8, 4) is 11.1 Å². The van der Waals surface area contributed by atoms with Crippen molar-refractivity contribution in [1.29, 1.82) is 0 Å². The van der Waals surface area contributed by atoms with Crippen LogP contribution in [0, 0.1) is 13.8 Å². The van der Waals surface area contributed by atoms with Gasteiger partial charge < -0.3 is 4.57 Å². The van der Waals surface area contributed by atoms with Crippen molar-refractivity contribution in [2.45, 2.75) is 34.1 Å². The molecule has 0 aliphatic carbocycles. The monoisotopic (exact) mass is 379 g/mol. The van der Waals surface area contributed by atoms with E-state index in [1.165, 1.54) is 55.6 Å². The summed E-state index contributed by atoms with van der Waals surface area (Å²) in [7, 11) is 2.19. The van der Waals surface area contributed by atoms with Crippen molar-refractivity contribution in [3.63, 3.8) is 0 Å². The fraction of sp³-hybridized carbons (Fsp3) is 0.214. The third-order valence-corrected chi connectivity index (χ3v) is 6.09. The zero-order chi connectivity index (χ0) is 20.5. The number of aryl methyl sites for hydroxylation is 4. The van der Waals surface area contributed by atoms with E-state index in [2.05, 4.69) is 112 Å². The zero-order valence-electron chi connectivity index (χ0n) is 18.1. The number of nitrogens with zero attached hydrogens (tertiary/aromatic N) is 1. The molecule has 0 unspecified atom stereocenters. The van der Waals surface area contributed by atoms with Gasteiger partial charge in [0.15, 0.2) is 0 Å². The van der Waals surface area contributed by atoms with E-state index in [0.29, 0.717) is 0 Å². The first kappa shape index (κ1) is 19.3. The third kappa shape index (κ3) is 3.21. The van der Waals surface area contributed by atoms with Crippen LogP contribution in [0.1, 0.15) is 41.8 Å². The highest BCUT2D eigenvalue weighted by Gasteiger charge is 2.18. The van der Waals surface area contributed by atoms with Crippen LogP contribution in [-0.4, -0.2) is 4.57 Å². The minimum atomic E-state index is 1.02. The molecule has 1 nitrogen and oxygen atoms in total. The van der Waals surface area contributed by atoms with Gasteiger partial charge in [0.25, 0.3) is 0 Å². The Labute approximate surface area is 174 Å². The van der Waals surface area contributed by atoms with Gasteiger partial charge >= 0.3 is 0 Å². The van der Waals surface area contributed by atoms with Crippen molar-refractivity contribution in [1.82, 2.24) is 4.57 Å². The fourth-order valence-corrected chi connectivity index (χ4v) is 4.57. The van der Waals surface area contributed by atoms with Gasteiger partial charge in [-0.15, -0.1) is 0 Å². The fourth-order valence-electron chi connectivity index (χ4n) is 4.57. The van der Waals surface area contributed by atoms with Gasteiger partial charge in [0.2, 0.25) is 0 Å². The molecule has 4 rings (SSSR count). The predicted octanol–water partition coefficient (Wildman–Crippen LogP) is 7.48. The molecule has 1 heterocycles. The molecule has 0 radical (unpaired) electrons. The van der Waals surface area contributed by atoms with Crippen molar-refractivity contribution in [2.75, 3.05) is 0 Å². The van der Waals surface area contributed by atoms with Crippen LogP contribution in [0.4, 0.5) is 0 Å². The van der Waals surface area contributed by atoms with Gasteiger partial charge in [-0.2, -0.15) is 0 Å². The molecule has 1 aromatic heterocycles. The molecular formula is C28H29N. The normalized spacial score (nSPS) is 12.0. The Morgan fingerprint density at radius 1 is 0.862 bits per heavy atom. The summed E-state index contributed by atoms with van der Waals surface area (Å²) < 4.78 is 2.36. The highest BCUT2D eigenvalue weighted by molar-refractivity contribution is 5.94. The molecule has 0 N–H and O–H groups in total. The summed E-state index contributed by atoms with van der Waals surface area (Å²) in [6.45, 7) is 8.80. The van der Waals surface area contributed by atoms with E-state index >= 15 is 0 Å². The number of hydrogen-bond donors (Lipinski definition) is 0. The van der Waals surface area contributed by atoms with Gasteiger partial charge in [0.05, 0.1) is 5.69 Å². The number of fused-ring (bicyclic) bond motifs is 1. The molecule has 0 bridgehead atoms. The first-order valence-corrected chi connectivity index (χ1v) is 10.5. The van der Waals surface area contributed by atoms with Crippen LogP contribution < -0.4 is 0 Å². The second-order valence-electron chi connectivity index (χ2n) is 7.80. The molecule has 0 aliphatic rings. The van der Waals surface area contributed by atoms with E-state index in [0.717, 1.165) is 6.42 Å². The van der Waals surface area contributed by atoms with Gasteiger partial charge in [-0.3, -0.25) is 0 Å². The largest absolute Gasteiger partial charge is 0.343 e. The average molecular weight is 380 g/mol. The Hall–Kier alpha value is -3.06. The number of hydrogen-bond acceptors (Lipinski definition) is 0. The average Bonchev–Trinajstić information content (AvgIpc) is 3.02. The minimum absolute atomic E-state index is 1.02. The molecule has 0 spiro atoms. The van der Waals surface area contributed by atoms with Crippen molar-refractivity contribution in [2.24, 2.45) is 7.05 Å². The number of aromatic nitrogens is 1. The standard InChI is InChI=1S/C28H29N/c1-6-22(28-23(7-2)25-14-10-11-15-27(25)29(28)5)21-17-16-20(4)26(18-21)24-13-9-8-12-19(24)3/h6,8-18H,7H2,1-5H3/b22-6-. The van der Waals surface area contributed by atoms with Gasteiger partial charge in [-0.05, 0) is 72.7 Å². The van der Waals surface area contributed by atoms with Crippen molar-refractivity contribution >= 4 is 16.5 Å². The number of allylic oxidation sites excluding steroid dienone is 1. The van der Waals surface area contributed by atoms with Gasteiger partial charge in [-0.25, -0.2) is 0 Å². The van der Waals surface area contributed by atoms with Gasteiger partial charge in [0, 0.05) is 23.5 Å². The van der Waals surface area contributed by atoms with E-state index < -0.39 is 0 Å². The smallest absolute Gasteiger partial charge is 0.0523 e. The van der Waals surface area contributed by atoms with E-state index in [4.69, 9.17) is 0 Å². The highest BCUT2D eigenvalue weighted by atomic mass is 15.0. The summed E-state index contributed by atoms with van der Waals surface area (Å²) in [5.74, 6) is 0. The van der Waals surface area contributed by atoms with Crippen LogP contribution in [0.15, 0.2) is 72.8 Å². The molecule has 146 valence electrons. The zero-order valence-corrected chi connectivity index (χ0v) is 18.1. The summed E-state index contributed by atoms with van der Waals surface area (Å²) in [5, 5.41) is 1.36. The molecule has 0 saturated heterocycles. The second-order valence-corrected chi connectivity index (χ2v) is 7.80. The quantitative estimate of drug-likeness (QED) is 0.346. The lowest BCUT2D eigenvalue weighted by atomic mass is 9.91. The van der Waals surface area contributed by atoms with Crippen LogP contribution in [-0.2, 0) is 13.5 Å². The first-order valence-electron chi connectivity index (χ1n) is 10.5. The molecule has 0 amide bonds. The molecule has 0 aliphatic heterocycles. The van der Waals surface area contributed by atoms with Crippen LogP contribution >= 0.6 is 0 Å². The Morgan fingerprint density at radius 3 is 2.28 bits per heavy atom. The lowest BCUT2D eigenvalue weighted by molar-refractivity contribution is 0.931. The molecule has 0 saturated carbocycles. The minimum Gasteiger partial charge on any atom is -0.343 e. The molecule has 3 aromatic carbocycles. The maximum Gasteiger partial charge on any atom is 0.0523 e.